The molecule has 2 aromatic rings. The Morgan fingerprint density at radius 3 is 2.72 bits per heavy atom. The van der Waals surface area contributed by atoms with E-state index in [1.807, 2.05) is 24.3 Å². The Morgan fingerprint density at radius 2 is 2.03 bits per heavy atom. The fraction of sp³-hybridized carbons (Fsp3) is 0.261. The van der Waals surface area contributed by atoms with Crippen molar-refractivity contribution in [3.05, 3.63) is 57.4 Å². The van der Waals surface area contributed by atoms with E-state index in [1.54, 1.807) is 29.2 Å². The molecule has 1 aliphatic rings. The number of unbranched alkanes of at least 4 members (excludes halogenated alkanes) is 1. The number of thiocarbonyl (C=S) groups is 1. The molecule has 1 N–H and O–H groups in total. The number of methoxy groups -OCH3 is 1. The second-order valence-electron chi connectivity index (χ2n) is 6.92. The summed E-state index contributed by atoms with van der Waals surface area (Å²) < 4.78 is 12.4. The van der Waals surface area contributed by atoms with Gasteiger partial charge in [-0.3, -0.25) is 14.5 Å². The van der Waals surface area contributed by atoms with Crippen LogP contribution in [0.3, 0.4) is 0 Å². The predicted octanol–water partition coefficient (Wildman–Crippen LogP) is 5.48. The summed E-state index contributed by atoms with van der Waals surface area (Å²) in [4.78, 5) is 27.1. The van der Waals surface area contributed by atoms with Crippen molar-refractivity contribution in [1.82, 2.24) is 4.90 Å². The molecule has 0 aromatic heterocycles. The Morgan fingerprint density at radius 1 is 1.28 bits per heavy atom. The van der Waals surface area contributed by atoms with Crippen LogP contribution in [0.15, 0.2) is 51.8 Å². The van der Waals surface area contributed by atoms with E-state index in [2.05, 4.69) is 28.2 Å². The molecular formula is C23H23BrN2O4S2. The maximum Gasteiger partial charge on any atom is 0.266 e. The number of nitrogens with zero attached hydrogens (tertiary/aromatic N) is 1. The number of thioether (sulfide) groups is 1. The van der Waals surface area contributed by atoms with Gasteiger partial charge in [-0.2, -0.15) is 0 Å². The Kier molecular flexibility index (Phi) is 8.72. The number of nitrogens with one attached hydrogen (secondary N) is 1. The Balaban J connectivity index is 1.72. The summed E-state index contributed by atoms with van der Waals surface area (Å²) in [5, 5.41) is 2.77. The number of carbonyl (C=O) groups is 2. The molecule has 0 saturated carbocycles. The zero-order chi connectivity index (χ0) is 23.1. The number of amides is 2. The van der Waals surface area contributed by atoms with Crippen LogP contribution < -0.4 is 14.8 Å². The third kappa shape index (κ3) is 6.11. The quantitative estimate of drug-likeness (QED) is 0.339. The standard InChI is InChI=1S/C23H23BrN2O4S2/c1-3-4-10-26-22(28)19(32-23(26)31)13-15-11-17(24)21(18(12-15)29-2)30-14-20(27)25-16-8-6-5-7-9-16/h5-9,11-13H,3-4,10,14H2,1-2H3,(H,25,27)/b19-13-. The van der Waals surface area contributed by atoms with Crippen LogP contribution in [0.2, 0.25) is 0 Å². The van der Waals surface area contributed by atoms with E-state index >= 15 is 0 Å². The first kappa shape index (κ1) is 24.3. The lowest BCUT2D eigenvalue weighted by Gasteiger charge is -2.14. The smallest absolute Gasteiger partial charge is 0.266 e. The van der Waals surface area contributed by atoms with Gasteiger partial charge in [0.15, 0.2) is 18.1 Å². The largest absolute Gasteiger partial charge is 0.493 e. The Labute approximate surface area is 205 Å². The number of rotatable bonds is 9. The van der Waals surface area contributed by atoms with Crippen molar-refractivity contribution < 1.29 is 19.1 Å². The molecule has 1 fully saturated rings. The van der Waals surface area contributed by atoms with Crippen molar-refractivity contribution in [2.24, 2.45) is 0 Å². The maximum absolute atomic E-state index is 12.7. The van der Waals surface area contributed by atoms with Crippen molar-refractivity contribution >= 4 is 67.8 Å². The lowest BCUT2D eigenvalue weighted by atomic mass is 10.2. The highest BCUT2D eigenvalue weighted by molar-refractivity contribution is 9.10. The fourth-order valence-corrected chi connectivity index (χ4v) is 4.86. The van der Waals surface area contributed by atoms with Gasteiger partial charge >= 0.3 is 0 Å². The SMILES string of the molecule is CCCCN1C(=O)/C(=C/c2cc(Br)c(OCC(=O)Nc3ccccc3)c(OC)c2)SC1=S. The summed E-state index contributed by atoms with van der Waals surface area (Å²) in [5.41, 5.74) is 1.45. The van der Waals surface area contributed by atoms with Crippen molar-refractivity contribution in [3.63, 3.8) is 0 Å². The summed E-state index contributed by atoms with van der Waals surface area (Å²) in [6, 6.07) is 12.7. The first-order valence-corrected chi connectivity index (χ1v) is 12.0. The fourth-order valence-electron chi connectivity index (χ4n) is 2.98. The van der Waals surface area contributed by atoms with E-state index in [9.17, 15) is 9.59 Å². The van der Waals surface area contributed by atoms with Gasteiger partial charge in [-0.25, -0.2) is 0 Å². The molecule has 0 unspecified atom stereocenters. The summed E-state index contributed by atoms with van der Waals surface area (Å²) in [7, 11) is 1.52. The van der Waals surface area contributed by atoms with Crippen LogP contribution in [0.4, 0.5) is 5.69 Å². The van der Waals surface area contributed by atoms with Gasteiger partial charge in [-0.05, 0) is 58.3 Å². The van der Waals surface area contributed by atoms with Gasteiger partial charge in [0.05, 0.1) is 16.5 Å². The summed E-state index contributed by atoms with van der Waals surface area (Å²) in [6.45, 7) is 2.52. The Hall–Kier alpha value is -2.36. The highest BCUT2D eigenvalue weighted by Crippen LogP contribution is 2.39. The molecule has 3 rings (SSSR count). The molecule has 0 spiro atoms. The van der Waals surface area contributed by atoms with Gasteiger partial charge in [-0.1, -0.05) is 55.5 Å². The average Bonchev–Trinajstić information content (AvgIpc) is 3.04. The molecular weight excluding hydrogens is 512 g/mol. The number of benzene rings is 2. The third-order valence-corrected chi connectivity index (χ3v) is 6.53. The van der Waals surface area contributed by atoms with Crippen LogP contribution in [0.5, 0.6) is 11.5 Å². The lowest BCUT2D eigenvalue weighted by Crippen LogP contribution is -2.28. The van der Waals surface area contributed by atoms with Gasteiger partial charge in [0, 0.05) is 12.2 Å². The predicted molar refractivity (Wildman–Crippen MR) is 136 cm³/mol. The van der Waals surface area contributed by atoms with Gasteiger partial charge in [0.1, 0.15) is 4.32 Å². The monoisotopic (exact) mass is 534 g/mol. The van der Waals surface area contributed by atoms with Crippen LogP contribution in [0, 0.1) is 0 Å². The van der Waals surface area contributed by atoms with E-state index < -0.39 is 0 Å². The van der Waals surface area contributed by atoms with Gasteiger partial charge in [0.25, 0.3) is 11.8 Å². The van der Waals surface area contributed by atoms with Crippen LogP contribution in [-0.4, -0.2) is 41.3 Å². The van der Waals surface area contributed by atoms with Crippen molar-refractivity contribution in [1.29, 1.82) is 0 Å². The highest BCUT2D eigenvalue weighted by atomic mass is 79.9. The molecule has 0 bridgehead atoms. The first-order chi connectivity index (χ1) is 15.4. The molecule has 1 saturated heterocycles. The van der Waals surface area contributed by atoms with E-state index in [1.165, 1.54) is 18.9 Å². The van der Waals surface area contributed by atoms with Gasteiger partial charge in [-0.15, -0.1) is 0 Å². The molecule has 1 heterocycles. The van der Waals surface area contributed by atoms with Crippen LogP contribution in [0.25, 0.3) is 6.08 Å². The van der Waals surface area contributed by atoms with Gasteiger partial charge in [0.2, 0.25) is 0 Å². The molecule has 32 heavy (non-hydrogen) atoms. The van der Waals surface area contributed by atoms with Crippen molar-refractivity contribution in [3.8, 4) is 11.5 Å². The minimum Gasteiger partial charge on any atom is -0.493 e. The zero-order valence-corrected chi connectivity index (χ0v) is 20.9. The highest BCUT2D eigenvalue weighted by Gasteiger charge is 2.31. The number of hydrogen-bond acceptors (Lipinski definition) is 6. The zero-order valence-electron chi connectivity index (χ0n) is 17.7. The van der Waals surface area contributed by atoms with Crippen LogP contribution >= 0.6 is 39.9 Å². The minimum absolute atomic E-state index is 0.0820. The number of halogens is 1. The van der Waals surface area contributed by atoms with E-state index in [0.717, 1.165) is 18.4 Å². The Bertz CT molecular complexity index is 1040. The summed E-state index contributed by atoms with van der Waals surface area (Å²) in [5.74, 6) is 0.481. The normalized spacial score (nSPS) is 14.7. The molecule has 168 valence electrons. The van der Waals surface area contributed by atoms with Crippen molar-refractivity contribution in [2.45, 2.75) is 19.8 Å². The number of para-hydroxylation sites is 1. The molecule has 0 radical (unpaired) electrons. The second-order valence-corrected chi connectivity index (χ2v) is 9.45. The molecule has 2 amide bonds. The average molecular weight is 535 g/mol. The topological polar surface area (TPSA) is 67.9 Å². The number of anilines is 1. The summed E-state index contributed by atoms with van der Waals surface area (Å²) in [6.07, 6.45) is 3.68. The summed E-state index contributed by atoms with van der Waals surface area (Å²) >= 11 is 10.1. The van der Waals surface area contributed by atoms with Crippen LogP contribution in [0.1, 0.15) is 25.3 Å². The van der Waals surface area contributed by atoms with Crippen molar-refractivity contribution in [2.75, 3.05) is 25.6 Å². The van der Waals surface area contributed by atoms with E-state index in [-0.39, 0.29) is 18.4 Å². The molecule has 0 atom stereocenters. The van der Waals surface area contributed by atoms with Crippen LogP contribution in [-0.2, 0) is 9.59 Å². The number of hydrogen-bond donors (Lipinski definition) is 1. The first-order valence-electron chi connectivity index (χ1n) is 10.0. The van der Waals surface area contributed by atoms with Gasteiger partial charge < -0.3 is 14.8 Å². The third-order valence-electron chi connectivity index (χ3n) is 4.56. The molecule has 9 heteroatoms. The molecule has 0 aliphatic carbocycles. The molecule has 1 aliphatic heterocycles. The van der Waals surface area contributed by atoms with E-state index in [0.29, 0.717) is 37.4 Å². The second kappa shape index (κ2) is 11.5. The number of ether oxygens (including phenoxy) is 2. The minimum atomic E-state index is -0.287. The maximum atomic E-state index is 12.7. The molecule has 2 aromatic carbocycles. The lowest BCUT2D eigenvalue weighted by molar-refractivity contribution is -0.122. The molecule has 6 nitrogen and oxygen atoms in total. The number of carbonyl (C=O) groups excluding carboxylic acids is 2. The van der Waals surface area contributed by atoms with E-state index in [4.69, 9.17) is 21.7 Å².